The Labute approximate surface area is 156 Å². The van der Waals surface area contributed by atoms with Crippen LogP contribution in [-0.2, 0) is 4.79 Å². The fourth-order valence-electron chi connectivity index (χ4n) is 1.79. The molecule has 1 radical (unpaired) electrons. The van der Waals surface area contributed by atoms with E-state index in [1.54, 1.807) is 18.2 Å². The van der Waals surface area contributed by atoms with Gasteiger partial charge in [0.25, 0.3) is 5.70 Å². The van der Waals surface area contributed by atoms with Crippen LogP contribution in [0.5, 0.6) is 0 Å². The van der Waals surface area contributed by atoms with Crippen molar-refractivity contribution >= 4 is 6.29 Å². The van der Waals surface area contributed by atoms with Crippen LogP contribution in [-0.4, -0.2) is 11.2 Å². The van der Waals surface area contributed by atoms with Gasteiger partial charge in [-0.2, -0.15) is 0 Å². The summed E-state index contributed by atoms with van der Waals surface area (Å²) in [6.45, 7) is 2.11. The molecule has 0 heterocycles. The standard InChI is InChI=1S/C22H28NO3/c1-2-3-4-5-6-7-8-9-10-13-16-19-22(23(25)26)20-17-14-11-12-15-18-21-24/h3-4,6-7,9-13,16-17,19-20H,2,5,8,14-15,18H2,1H3/b4-3-,7-6-,10-9-,12-11-,16-13-,20-17-,22-19+. The maximum absolute atomic E-state index is 11.0. The van der Waals surface area contributed by atoms with E-state index in [1.807, 2.05) is 30.6 Å². The van der Waals surface area contributed by atoms with Crippen LogP contribution in [0.2, 0.25) is 0 Å². The number of rotatable bonds is 14. The predicted octanol–water partition coefficient (Wildman–Crippen LogP) is 5.95. The molecule has 0 aromatic heterocycles. The summed E-state index contributed by atoms with van der Waals surface area (Å²) < 4.78 is 0. The highest BCUT2D eigenvalue weighted by atomic mass is 16.6. The zero-order valence-corrected chi connectivity index (χ0v) is 15.4. The van der Waals surface area contributed by atoms with Crippen molar-refractivity contribution < 1.29 is 9.72 Å². The average molecular weight is 354 g/mol. The summed E-state index contributed by atoms with van der Waals surface area (Å²) in [5.74, 6) is 0. The predicted molar refractivity (Wildman–Crippen MR) is 109 cm³/mol. The van der Waals surface area contributed by atoms with Gasteiger partial charge in [-0.25, -0.2) is 0 Å². The molecule has 0 aliphatic heterocycles. The number of nitro groups is 1. The molecule has 0 bridgehead atoms. The molecule has 0 aromatic rings. The first-order valence-corrected chi connectivity index (χ1v) is 8.86. The molecule has 0 rings (SSSR count). The summed E-state index contributed by atoms with van der Waals surface area (Å²) in [4.78, 5) is 20.6. The van der Waals surface area contributed by atoms with Crippen LogP contribution < -0.4 is 0 Å². The molecule has 0 unspecified atom stereocenters. The van der Waals surface area contributed by atoms with Crippen molar-refractivity contribution in [3.63, 3.8) is 0 Å². The van der Waals surface area contributed by atoms with E-state index in [2.05, 4.69) is 31.2 Å². The smallest absolute Gasteiger partial charge is 0.269 e. The van der Waals surface area contributed by atoms with E-state index in [0.717, 1.165) is 19.3 Å². The lowest BCUT2D eigenvalue weighted by Crippen LogP contribution is -1.94. The van der Waals surface area contributed by atoms with E-state index in [0.29, 0.717) is 19.3 Å². The van der Waals surface area contributed by atoms with Crippen molar-refractivity contribution in [2.75, 3.05) is 0 Å². The molecule has 139 valence electrons. The van der Waals surface area contributed by atoms with Crippen molar-refractivity contribution in [1.29, 1.82) is 0 Å². The Bertz CT molecular complexity index is 591. The van der Waals surface area contributed by atoms with Gasteiger partial charge in [-0.05, 0) is 32.1 Å². The van der Waals surface area contributed by atoms with Crippen molar-refractivity contribution in [2.45, 2.75) is 45.4 Å². The van der Waals surface area contributed by atoms with Crippen molar-refractivity contribution in [2.24, 2.45) is 0 Å². The monoisotopic (exact) mass is 354 g/mol. The Morgan fingerprint density at radius 3 is 2.23 bits per heavy atom. The number of hydrogen-bond acceptors (Lipinski definition) is 3. The Morgan fingerprint density at radius 2 is 1.54 bits per heavy atom. The lowest BCUT2D eigenvalue weighted by atomic mass is 10.2. The molecular weight excluding hydrogens is 326 g/mol. The average Bonchev–Trinajstić information content (AvgIpc) is 2.63. The topological polar surface area (TPSA) is 60.2 Å². The highest BCUT2D eigenvalue weighted by Gasteiger charge is 2.02. The van der Waals surface area contributed by atoms with E-state index >= 15 is 0 Å². The number of carbonyl (C=O) groups excluding carboxylic acids is 1. The fourth-order valence-corrected chi connectivity index (χ4v) is 1.79. The van der Waals surface area contributed by atoms with Gasteiger partial charge in [0.1, 0.15) is 0 Å². The second-order valence-corrected chi connectivity index (χ2v) is 5.28. The number of nitrogens with zero attached hydrogens (tertiary/aromatic N) is 1. The molecule has 0 spiro atoms. The van der Waals surface area contributed by atoms with Gasteiger partial charge in [0.05, 0.1) is 4.92 Å². The summed E-state index contributed by atoms with van der Waals surface area (Å²) in [5.41, 5.74) is 0.0342. The van der Waals surface area contributed by atoms with Crippen molar-refractivity contribution in [1.82, 2.24) is 0 Å². The fraction of sp³-hybridized carbons (Fsp3) is 0.318. The van der Waals surface area contributed by atoms with Gasteiger partial charge >= 0.3 is 0 Å². The van der Waals surface area contributed by atoms with Crippen LogP contribution in [0.1, 0.15) is 45.4 Å². The molecule has 26 heavy (non-hydrogen) atoms. The highest BCUT2D eigenvalue weighted by Crippen LogP contribution is 2.01. The van der Waals surface area contributed by atoms with E-state index in [-0.39, 0.29) is 5.70 Å². The summed E-state index contributed by atoms with van der Waals surface area (Å²) in [6.07, 6.45) is 30.5. The second-order valence-electron chi connectivity index (χ2n) is 5.28. The van der Waals surface area contributed by atoms with Gasteiger partial charge in [0.15, 0.2) is 6.29 Å². The van der Waals surface area contributed by atoms with Gasteiger partial charge in [0.2, 0.25) is 0 Å². The molecule has 0 aliphatic carbocycles. The van der Waals surface area contributed by atoms with Crippen LogP contribution >= 0.6 is 0 Å². The number of allylic oxidation sites excluding steroid dienone is 13. The molecule has 0 amide bonds. The van der Waals surface area contributed by atoms with Crippen LogP contribution in [0.15, 0.2) is 84.7 Å². The third kappa shape index (κ3) is 16.1. The first-order valence-electron chi connectivity index (χ1n) is 8.86. The molecular formula is C22H28NO3. The molecule has 0 N–H and O–H groups in total. The lowest BCUT2D eigenvalue weighted by molar-refractivity contribution is -0.419. The quantitative estimate of drug-likeness (QED) is 0.127. The normalized spacial score (nSPS) is 13.5. The second kappa shape index (κ2) is 18.6. The van der Waals surface area contributed by atoms with Crippen LogP contribution in [0.25, 0.3) is 0 Å². The van der Waals surface area contributed by atoms with E-state index in [4.69, 9.17) is 0 Å². The minimum atomic E-state index is -0.415. The molecule has 0 saturated carbocycles. The van der Waals surface area contributed by atoms with Crippen LogP contribution in [0.4, 0.5) is 0 Å². The third-order valence-electron chi connectivity index (χ3n) is 3.09. The highest BCUT2D eigenvalue weighted by molar-refractivity contribution is 5.50. The molecule has 4 heteroatoms. The Balaban J connectivity index is 4.26. The van der Waals surface area contributed by atoms with Gasteiger partial charge in [-0.15, -0.1) is 0 Å². The molecule has 0 aromatic carbocycles. The van der Waals surface area contributed by atoms with Crippen molar-refractivity contribution in [3.8, 4) is 0 Å². The van der Waals surface area contributed by atoms with E-state index < -0.39 is 4.92 Å². The maximum Gasteiger partial charge on any atom is 0.269 e. The van der Waals surface area contributed by atoms with Crippen LogP contribution in [0.3, 0.4) is 0 Å². The maximum atomic E-state index is 11.0. The summed E-state index contributed by atoms with van der Waals surface area (Å²) >= 11 is 0. The summed E-state index contributed by atoms with van der Waals surface area (Å²) in [6, 6.07) is 0. The molecule has 0 saturated heterocycles. The number of hydrogen-bond donors (Lipinski definition) is 0. The van der Waals surface area contributed by atoms with Gasteiger partial charge in [-0.3, -0.25) is 14.9 Å². The first kappa shape index (κ1) is 23.2. The Hall–Kier alpha value is -2.75. The van der Waals surface area contributed by atoms with E-state index in [1.165, 1.54) is 12.2 Å². The summed E-state index contributed by atoms with van der Waals surface area (Å²) in [5, 5.41) is 11.0. The van der Waals surface area contributed by atoms with Crippen molar-refractivity contribution in [3.05, 3.63) is 94.8 Å². The Kier molecular flexibility index (Phi) is 16.6. The minimum Gasteiger partial charge on any atom is -0.291 e. The zero-order valence-electron chi connectivity index (χ0n) is 15.4. The van der Waals surface area contributed by atoms with Crippen LogP contribution in [0, 0.1) is 10.1 Å². The summed E-state index contributed by atoms with van der Waals surface area (Å²) in [7, 11) is 0. The van der Waals surface area contributed by atoms with E-state index in [9.17, 15) is 14.9 Å². The molecule has 0 aliphatic rings. The molecule has 0 fully saturated rings. The Morgan fingerprint density at radius 1 is 0.885 bits per heavy atom. The third-order valence-corrected chi connectivity index (χ3v) is 3.09. The molecule has 4 nitrogen and oxygen atoms in total. The lowest BCUT2D eigenvalue weighted by Gasteiger charge is -1.89. The van der Waals surface area contributed by atoms with Gasteiger partial charge in [-0.1, -0.05) is 73.8 Å². The van der Waals surface area contributed by atoms with Gasteiger partial charge < -0.3 is 0 Å². The number of unbranched alkanes of at least 4 members (excludes halogenated alkanes) is 1. The largest absolute Gasteiger partial charge is 0.291 e. The molecule has 0 atom stereocenters. The zero-order chi connectivity index (χ0) is 19.3. The SMILES string of the molecule is CC/C=C\C/C=C\C\C=C/C=C\C=C(/C=C\C/C=C\CC[C]=O)[N+](=O)[O-]. The minimum absolute atomic E-state index is 0.0342. The first-order chi connectivity index (χ1) is 12.7. The van der Waals surface area contributed by atoms with Gasteiger partial charge in [0, 0.05) is 18.6 Å².